The van der Waals surface area contributed by atoms with Crippen molar-refractivity contribution in [2.24, 2.45) is 0 Å². The standard InChI is InChI=1S/C24H21NO5.H2O/c26-16-11-9-15(10-12-16)13-22(23(27)28)25-24(29)30-14-21-19-7-3-1-5-17(19)18-6-2-4-8-20(18)21;/h1-12,21-22,26H,13-14H2,(H,25,29)(H,27,28);1H2/t22-;/m0./s1. The van der Waals surface area contributed by atoms with E-state index >= 15 is 0 Å². The fraction of sp³-hybridized carbons (Fsp3) is 0.167. The molecule has 0 spiro atoms. The quantitative estimate of drug-likeness (QED) is 0.564. The summed E-state index contributed by atoms with van der Waals surface area (Å²) < 4.78 is 5.42. The van der Waals surface area contributed by atoms with Crippen LogP contribution in [-0.2, 0) is 16.0 Å². The number of nitrogens with one attached hydrogen (secondary N) is 1. The van der Waals surface area contributed by atoms with Crippen molar-refractivity contribution in [3.05, 3.63) is 89.5 Å². The molecule has 0 fully saturated rings. The molecule has 3 aromatic carbocycles. The first-order chi connectivity index (χ1) is 14.5. The summed E-state index contributed by atoms with van der Waals surface area (Å²) in [6.07, 6.45) is -0.692. The van der Waals surface area contributed by atoms with Gasteiger partial charge in [0.2, 0.25) is 0 Å². The molecule has 160 valence electrons. The highest BCUT2D eigenvalue weighted by Gasteiger charge is 2.29. The lowest BCUT2D eigenvalue weighted by atomic mass is 9.98. The van der Waals surface area contributed by atoms with E-state index in [0.717, 1.165) is 22.3 Å². The summed E-state index contributed by atoms with van der Waals surface area (Å²) >= 11 is 0. The van der Waals surface area contributed by atoms with E-state index in [1.165, 1.54) is 12.1 Å². The molecule has 0 saturated heterocycles. The van der Waals surface area contributed by atoms with Crippen molar-refractivity contribution in [1.82, 2.24) is 5.32 Å². The van der Waals surface area contributed by atoms with Crippen molar-refractivity contribution in [2.45, 2.75) is 18.4 Å². The molecule has 7 heteroatoms. The summed E-state index contributed by atoms with van der Waals surface area (Å²) in [5, 5.41) is 21.2. The first-order valence-electron chi connectivity index (χ1n) is 9.65. The maximum absolute atomic E-state index is 12.3. The number of alkyl carbamates (subject to hydrolysis) is 1. The first kappa shape index (κ1) is 21.9. The molecule has 1 aliphatic rings. The Hall–Kier alpha value is -3.84. The van der Waals surface area contributed by atoms with Gasteiger partial charge in [0.15, 0.2) is 0 Å². The van der Waals surface area contributed by atoms with Crippen LogP contribution >= 0.6 is 0 Å². The first-order valence-corrected chi connectivity index (χ1v) is 9.65. The van der Waals surface area contributed by atoms with Crippen LogP contribution in [0.5, 0.6) is 5.75 Å². The average molecular weight is 421 g/mol. The fourth-order valence-electron chi connectivity index (χ4n) is 3.85. The number of aromatic hydroxyl groups is 1. The number of ether oxygens (including phenoxy) is 1. The van der Waals surface area contributed by atoms with Crippen molar-refractivity contribution in [1.29, 1.82) is 0 Å². The van der Waals surface area contributed by atoms with E-state index in [1.807, 2.05) is 48.5 Å². The molecule has 0 radical (unpaired) electrons. The minimum atomic E-state index is -1.16. The number of hydrogen-bond acceptors (Lipinski definition) is 4. The second-order valence-corrected chi connectivity index (χ2v) is 7.23. The van der Waals surface area contributed by atoms with E-state index in [-0.39, 0.29) is 30.2 Å². The van der Waals surface area contributed by atoms with Gasteiger partial charge in [-0.1, -0.05) is 60.7 Å². The van der Waals surface area contributed by atoms with Crippen molar-refractivity contribution >= 4 is 12.1 Å². The number of carboxylic acid groups (broad SMARTS) is 1. The second kappa shape index (κ2) is 9.32. The Morgan fingerprint density at radius 3 is 2.00 bits per heavy atom. The molecule has 7 nitrogen and oxygen atoms in total. The van der Waals surface area contributed by atoms with E-state index < -0.39 is 18.1 Å². The number of amides is 1. The zero-order valence-corrected chi connectivity index (χ0v) is 16.6. The molecule has 0 bridgehead atoms. The largest absolute Gasteiger partial charge is 0.508 e. The maximum atomic E-state index is 12.3. The third-order valence-corrected chi connectivity index (χ3v) is 5.31. The second-order valence-electron chi connectivity index (χ2n) is 7.23. The van der Waals surface area contributed by atoms with E-state index in [9.17, 15) is 19.8 Å². The van der Waals surface area contributed by atoms with Crippen molar-refractivity contribution in [3.8, 4) is 16.9 Å². The molecule has 0 unspecified atom stereocenters. The van der Waals surface area contributed by atoms with Gasteiger partial charge < -0.3 is 25.7 Å². The Bertz CT molecular complexity index is 1030. The van der Waals surface area contributed by atoms with Crippen LogP contribution in [0, 0.1) is 0 Å². The Kier molecular flexibility index (Phi) is 6.57. The van der Waals surface area contributed by atoms with E-state index in [1.54, 1.807) is 12.1 Å². The summed E-state index contributed by atoms with van der Waals surface area (Å²) in [7, 11) is 0. The van der Waals surface area contributed by atoms with Crippen molar-refractivity contribution in [3.63, 3.8) is 0 Å². The van der Waals surface area contributed by atoms with E-state index in [0.29, 0.717) is 5.56 Å². The van der Waals surface area contributed by atoms with Gasteiger partial charge in [0.25, 0.3) is 0 Å². The zero-order valence-electron chi connectivity index (χ0n) is 16.6. The Morgan fingerprint density at radius 1 is 0.903 bits per heavy atom. The van der Waals surface area contributed by atoms with Gasteiger partial charge in [0.1, 0.15) is 18.4 Å². The molecule has 0 aromatic heterocycles. The van der Waals surface area contributed by atoms with Gasteiger partial charge in [0.05, 0.1) is 0 Å². The number of phenolic OH excluding ortho intramolecular Hbond substituents is 1. The summed E-state index contributed by atoms with van der Waals surface area (Å²) in [5.41, 5.74) is 5.10. The number of hydrogen-bond donors (Lipinski definition) is 3. The SMILES string of the molecule is O.O=C(N[C@@H](Cc1ccc(O)cc1)C(=O)O)OCC1c2ccccc2-c2ccccc21. The number of benzene rings is 3. The van der Waals surface area contributed by atoms with Crippen LogP contribution in [0.3, 0.4) is 0 Å². The van der Waals surface area contributed by atoms with Gasteiger partial charge in [-0.25, -0.2) is 9.59 Å². The average Bonchev–Trinajstić information content (AvgIpc) is 3.07. The van der Waals surface area contributed by atoms with Gasteiger partial charge in [-0.2, -0.15) is 0 Å². The van der Waals surface area contributed by atoms with Crippen molar-refractivity contribution < 1.29 is 30.0 Å². The summed E-state index contributed by atoms with van der Waals surface area (Å²) in [6.45, 7) is 0.116. The highest BCUT2D eigenvalue weighted by Crippen LogP contribution is 2.44. The Labute approximate surface area is 179 Å². The number of carbonyl (C=O) groups excluding carboxylic acids is 1. The summed E-state index contributed by atoms with van der Waals surface area (Å²) in [4.78, 5) is 23.9. The number of carboxylic acids is 1. The van der Waals surface area contributed by atoms with Crippen LogP contribution in [0.2, 0.25) is 0 Å². The molecular weight excluding hydrogens is 398 g/mol. The normalized spacial score (nSPS) is 12.8. The molecule has 3 aromatic rings. The van der Waals surface area contributed by atoms with Gasteiger partial charge in [-0.3, -0.25) is 0 Å². The maximum Gasteiger partial charge on any atom is 0.407 e. The van der Waals surface area contributed by atoms with Gasteiger partial charge >= 0.3 is 12.1 Å². The smallest absolute Gasteiger partial charge is 0.407 e. The van der Waals surface area contributed by atoms with Crippen LogP contribution in [0.1, 0.15) is 22.6 Å². The molecular formula is C24H23NO6. The Balaban J connectivity index is 0.00000272. The highest BCUT2D eigenvalue weighted by molar-refractivity contribution is 5.81. The number of phenols is 1. The summed E-state index contributed by atoms with van der Waals surface area (Å²) in [5.74, 6) is -1.16. The van der Waals surface area contributed by atoms with Crippen LogP contribution in [0.25, 0.3) is 11.1 Å². The van der Waals surface area contributed by atoms with E-state index in [4.69, 9.17) is 4.74 Å². The van der Waals surface area contributed by atoms with Gasteiger partial charge in [-0.05, 0) is 39.9 Å². The molecule has 0 aliphatic heterocycles. The molecule has 0 saturated carbocycles. The van der Waals surface area contributed by atoms with Crippen LogP contribution in [0.4, 0.5) is 4.79 Å². The molecule has 1 aliphatic carbocycles. The van der Waals surface area contributed by atoms with Crippen LogP contribution in [0.15, 0.2) is 72.8 Å². The lowest BCUT2D eigenvalue weighted by Gasteiger charge is -2.17. The lowest BCUT2D eigenvalue weighted by molar-refractivity contribution is -0.139. The fourth-order valence-corrected chi connectivity index (χ4v) is 3.85. The van der Waals surface area contributed by atoms with Gasteiger partial charge in [-0.15, -0.1) is 0 Å². The molecule has 4 rings (SSSR count). The molecule has 31 heavy (non-hydrogen) atoms. The number of aliphatic carboxylic acids is 1. The topological polar surface area (TPSA) is 127 Å². The molecule has 1 atom stereocenters. The number of fused-ring (bicyclic) bond motifs is 3. The highest BCUT2D eigenvalue weighted by atomic mass is 16.5. The van der Waals surface area contributed by atoms with Gasteiger partial charge in [0, 0.05) is 12.3 Å². The predicted molar refractivity (Wildman–Crippen MR) is 115 cm³/mol. The van der Waals surface area contributed by atoms with Crippen LogP contribution < -0.4 is 5.32 Å². The zero-order chi connectivity index (χ0) is 21.1. The summed E-state index contributed by atoms with van der Waals surface area (Å²) in [6, 6.07) is 21.0. The lowest BCUT2D eigenvalue weighted by Crippen LogP contribution is -2.42. The third-order valence-electron chi connectivity index (χ3n) is 5.31. The molecule has 0 heterocycles. The minimum Gasteiger partial charge on any atom is -0.508 e. The molecule has 5 N–H and O–H groups in total. The van der Waals surface area contributed by atoms with Crippen molar-refractivity contribution in [2.75, 3.05) is 6.61 Å². The van der Waals surface area contributed by atoms with Crippen LogP contribution in [-0.4, -0.2) is 40.4 Å². The molecule has 1 amide bonds. The predicted octanol–water partition coefficient (Wildman–Crippen LogP) is 3.10. The number of rotatable bonds is 6. The van der Waals surface area contributed by atoms with E-state index in [2.05, 4.69) is 5.32 Å². The minimum absolute atomic E-state index is 0. The monoisotopic (exact) mass is 421 g/mol. The third kappa shape index (κ3) is 4.67. The Morgan fingerprint density at radius 2 is 1.45 bits per heavy atom. The number of carbonyl (C=O) groups is 2.